The summed E-state index contributed by atoms with van der Waals surface area (Å²) >= 11 is 2.35. The molecular weight excluding hydrogens is 476 g/mol. The van der Waals surface area contributed by atoms with Crippen LogP contribution in [-0.2, 0) is 17.6 Å². The summed E-state index contributed by atoms with van der Waals surface area (Å²) in [5, 5.41) is 21.1. The highest BCUT2D eigenvalue weighted by molar-refractivity contribution is 7.99. The highest BCUT2D eigenvalue weighted by Gasteiger charge is 2.17. The van der Waals surface area contributed by atoms with Gasteiger partial charge in [0.25, 0.3) is 5.91 Å². The Morgan fingerprint density at radius 1 is 1.24 bits per heavy atom. The van der Waals surface area contributed by atoms with Crippen LogP contribution in [0.3, 0.4) is 0 Å². The Morgan fingerprint density at radius 2 is 2.06 bits per heavy atom. The van der Waals surface area contributed by atoms with E-state index in [2.05, 4.69) is 30.5 Å². The van der Waals surface area contributed by atoms with Crippen LogP contribution in [0.4, 0.5) is 5.13 Å². The number of hydrogen-bond donors (Lipinski definition) is 3. The van der Waals surface area contributed by atoms with E-state index in [-0.39, 0.29) is 23.4 Å². The van der Waals surface area contributed by atoms with Crippen LogP contribution >= 0.6 is 23.1 Å². The summed E-state index contributed by atoms with van der Waals surface area (Å²) in [5.41, 5.74) is 1.63. The Morgan fingerprint density at radius 3 is 2.79 bits per heavy atom. The van der Waals surface area contributed by atoms with E-state index in [9.17, 15) is 9.59 Å². The van der Waals surface area contributed by atoms with Gasteiger partial charge in [-0.1, -0.05) is 30.3 Å². The fourth-order valence-electron chi connectivity index (χ4n) is 3.04. The van der Waals surface area contributed by atoms with Crippen molar-refractivity contribution in [3.05, 3.63) is 71.1 Å². The first-order chi connectivity index (χ1) is 16.4. The Bertz CT molecular complexity index is 1260. The van der Waals surface area contributed by atoms with Crippen molar-refractivity contribution in [1.29, 1.82) is 0 Å². The SMILES string of the molecule is C[C@@H](Cc1ccccc1)Oc1cc(Sc2ncn[nH]2)nc(C(=O)Nc2nc(CC(=O)O)cs2)c1. The number of amides is 1. The van der Waals surface area contributed by atoms with Crippen LogP contribution in [0.1, 0.15) is 28.7 Å². The third-order valence-corrected chi connectivity index (χ3v) is 6.02. The minimum atomic E-state index is -0.992. The summed E-state index contributed by atoms with van der Waals surface area (Å²) < 4.78 is 6.11. The average Bonchev–Trinajstić information content (AvgIpc) is 3.46. The number of aromatic nitrogens is 5. The van der Waals surface area contributed by atoms with Gasteiger partial charge >= 0.3 is 5.97 Å². The highest BCUT2D eigenvalue weighted by Crippen LogP contribution is 2.28. The van der Waals surface area contributed by atoms with Gasteiger partial charge in [-0.3, -0.25) is 20.0 Å². The Labute approximate surface area is 202 Å². The number of aromatic amines is 1. The third kappa shape index (κ3) is 6.62. The number of anilines is 1. The molecule has 1 atom stereocenters. The molecule has 3 N–H and O–H groups in total. The van der Waals surface area contributed by atoms with E-state index in [4.69, 9.17) is 9.84 Å². The molecule has 10 nitrogen and oxygen atoms in total. The molecule has 1 aromatic carbocycles. The van der Waals surface area contributed by atoms with E-state index in [0.717, 1.165) is 16.9 Å². The number of aliphatic carboxylic acids is 1. The third-order valence-electron chi connectivity index (χ3n) is 4.41. The molecule has 12 heteroatoms. The molecule has 0 fully saturated rings. The number of benzene rings is 1. The second-order valence-electron chi connectivity index (χ2n) is 7.21. The van der Waals surface area contributed by atoms with E-state index >= 15 is 0 Å². The minimum absolute atomic E-state index is 0.126. The number of H-pyrrole nitrogens is 1. The highest BCUT2D eigenvalue weighted by atomic mass is 32.2. The van der Waals surface area contributed by atoms with Crippen molar-refractivity contribution in [2.45, 2.75) is 36.1 Å². The van der Waals surface area contributed by atoms with Gasteiger partial charge in [-0.05, 0) is 24.2 Å². The number of carboxylic acid groups (broad SMARTS) is 1. The molecule has 3 aromatic heterocycles. The van der Waals surface area contributed by atoms with Crippen molar-refractivity contribution in [3.63, 3.8) is 0 Å². The van der Waals surface area contributed by atoms with Crippen molar-refractivity contribution >= 4 is 40.1 Å². The summed E-state index contributed by atoms with van der Waals surface area (Å²) in [7, 11) is 0. The largest absolute Gasteiger partial charge is 0.490 e. The number of hydrogen-bond acceptors (Lipinski definition) is 9. The van der Waals surface area contributed by atoms with Crippen LogP contribution in [0.15, 0.2) is 64.4 Å². The van der Waals surface area contributed by atoms with E-state index in [1.165, 1.54) is 18.1 Å². The maximum absolute atomic E-state index is 12.9. The molecule has 0 spiro atoms. The maximum atomic E-state index is 12.9. The van der Waals surface area contributed by atoms with Gasteiger partial charge in [0.05, 0.1) is 18.2 Å². The van der Waals surface area contributed by atoms with E-state index < -0.39 is 11.9 Å². The number of nitrogens with zero attached hydrogens (tertiary/aromatic N) is 4. The minimum Gasteiger partial charge on any atom is -0.490 e. The molecule has 0 aliphatic heterocycles. The molecule has 3 heterocycles. The molecule has 0 aliphatic carbocycles. The number of pyridine rings is 1. The van der Waals surface area contributed by atoms with Gasteiger partial charge in [0.1, 0.15) is 22.8 Å². The molecule has 0 unspecified atom stereocenters. The lowest BCUT2D eigenvalue weighted by Gasteiger charge is -2.16. The molecule has 174 valence electrons. The normalized spacial score (nSPS) is 11.7. The Balaban J connectivity index is 1.53. The molecule has 0 saturated heterocycles. The average molecular weight is 497 g/mol. The standard InChI is InChI=1S/C22H20N6O4S2/c1-13(7-14-5-3-2-4-6-14)32-16-9-17(26-18(10-16)34-21-23-12-24-28-21)20(31)27-22-25-15(11-33-22)8-19(29)30/h2-6,9-13H,7-8H2,1H3,(H,29,30)(H,23,24,28)(H,25,27,31)/t13-/m0/s1. The van der Waals surface area contributed by atoms with Crippen LogP contribution in [0.5, 0.6) is 5.75 Å². The van der Waals surface area contributed by atoms with Crippen LogP contribution < -0.4 is 10.1 Å². The van der Waals surface area contributed by atoms with Crippen molar-refractivity contribution in [2.24, 2.45) is 0 Å². The van der Waals surface area contributed by atoms with Crippen LogP contribution in [-0.4, -0.2) is 48.2 Å². The van der Waals surface area contributed by atoms with Gasteiger partial charge in [0, 0.05) is 23.9 Å². The lowest BCUT2D eigenvalue weighted by molar-refractivity contribution is -0.136. The van der Waals surface area contributed by atoms with Gasteiger partial charge in [0.2, 0.25) is 0 Å². The van der Waals surface area contributed by atoms with Gasteiger partial charge in [0.15, 0.2) is 10.3 Å². The molecule has 0 aliphatic rings. The first-order valence-electron chi connectivity index (χ1n) is 10.2. The molecule has 34 heavy (non-hydrogen) atoms. The van der Waals surface area contributed by atoms with E-state index in [1.807, 2.05) is 37.3 Å². The zero-order valence-electron chi connectivity index (χ0n) is 18.0. The van der Waals surface area contributed by atoms with Gasteiger partial charge in [-0.25, -0.2) is 15.0 Å². The number of thiazole rings is 1. The summed E-state index contributed by atoms with van der Waals surface area (Å²) in [6.45, 7) is 1.95. The van der Waals surface area contributed by atoms with Crippen LogP contribution in [0.2, 0.25) is 0 Å². The van der Waals surface area contributed by atoms with Crippen molar-refractivity contribution in [2.75, 3.05) is 5.32 Å². The van der Waals surface area contributed by atoms with Crippen molar-refractivity contribution < 1.29 is 19.4 Å². The van der Waals surface area contributed by atoms with Gasteiger partial charge in [-0.15, -0.1) is 11.3 Å². The molecule has 0 bridgehead atoms. The number of rotatable bonds is 10. The summed E-state index contributed by atoms with van der Waals surface area (Å²) in [4.78, 5) is 36.4. The Kier molecular flexibility index (Phi) is 7.50. The lowest BCUT2D eigenvalue weighted by Crippen LogP contribution is -2.17. The molecular formula is C22H20N6O4S2. The number of nitrogens with one attached hydrogen (secondary N) is 2. The zero-order valence-corrected chi connectivity index (χ0v) is 19.6. The number of carbonyl (C=O) groups is 2. The maximum Gasteiger partial charge on any atom is 0.309 e. The molecule has 1 amide bonds. The first-order valence-corrected chi connectivity index (χ1v) is 11.9. The fourth-order valence-corrected chi connectivity index (χ4v) is 4.46. The molecule has 4 aromatic rings. The molecule has 0 saturated carbocycles. The smallest absolute Gasteiger partial charge is 0.309 e. The lowest BCUT2D eigenvalue weighted by atomic mass is 10.1. The number of carboxylic acids is 1. The quantitative estimate of drug-likeness (QED) is 0.299. The number of carbonyl (C=O) groups excluding carboxylic acids is 1. The van der Waals surface area contributed by atoms with E-state index in [0.29, 0.717) is 28.0 Å². The summed E-state index contributed by atoms with van der Waals surface area (Å²) in [5.74, 6) is -0.999. The first kappa shape index (κ1) is 23.4. The van der Waals surface area contributed by atoms with Crippen LogP contribution in [0, 0.1) is 0 Å². The molecule has 4 rings (SSSR count). The van der Waals surface area contributed by atoms with Crippen LogP contribution in [0.25, 0.3) is 0 Å². The second kappa shape index (κ2) is 10.9. The predicted octanol–water partition coefficient (Wildman–Crippen LogP) is 3.70. The van der Waals surface area contributed by atoms with Gasteiger partial charge in [-0.2, -0.15) is 5.10 Å². The monoisotopic (exact) mass is 496 g/mol. The zero-order chi connectivity index (χ0) is 23.9. The summed E-state index contributed by atoms with van der Waals surface area (Å²) in [6, 6.07) is 13.3. The predicted molar refractivity (Wildman–Crippen MR) is 126 cm³/mol. The van der Waals surface area contributed by atoms with Gasteiger partial charge < -0.3 is 9.84 Å². The topological polar surface area (TPSA) is 143 Å². The van der Waals surface area contributed by atoms with E-state index in [1.54, 1.807) is 17.5 Å². The van der Waals surface area contributed by atoms with Crippen molar-refractivity contribution in [1.82, 2.24) is 25.1 Å². The van der Waals surface area contributed by atoms with Crippen molar-refractivity contribution in [3.8, 4) is 5.75 Å². The Hall–Kier alpha value is -3.77. The summed E-state index contributed by atoms with van der Waals surface area (Å²) in [6.07, 6.45) is 1.71. The second-order valence-corrected chi connectivity index (χ2v) is 9.07. The number of ether oxygens (including phenoxy) is 1. The fraction of sp³-hybridized carbons (Fsp3) is 0.182. The molecule has 0 radical (unpaired) electrons.